The van der Waals surface area contributed by atoms with E-state index in [4.69, 9.17) is 10.8 Å². The van der Waals surface area contributed by atoms with Gasteiger partial charge in [-0.05, 0) is 17.7 Å². The third-order valence-electron chi connectivity index (χ3n) is 1.52. The Hall–Kier alpha value is -0.640. The van der Waals surface area contributed by atoms with Gasteiger partial charge in [0.25, 0.3) is 0 Å². The summed E-state index contributed by atoms with van der Waals surface area (Å²) in [6, 6.07) is 4.48. The van der Waals surface area contributed by atoms with Crippen molar-refractivity contribution < 1.29 is 9.50 Å². The Bertz CT molecular complexity index is 255. The van der Waals surface area contributed by atoms with Gasteiger partial charge in [-0.3, -0.25) is 0 Å². The molecule has 0 atom stereocenters. The summed E-state index contributed by atoms with van der Waals surface area (Å²) in [5, 5.41) is 8.66. The molecule has 4 heteroatoms. The predicted molar refractivity (Wildman–Crippen MR) is 47.5 cm³/mol. The Balaban J connectivity index is 0.00000121. The van der Waals surface area contributed by atoms with Crippen LogP contribution in [0.1, 0.15) is 11.1 Å². The largest absolute Gasteiger partial charge is 0.392 e. The van der Waals surface area contributed by atoms with E-state index >= 15 is 0 Å². The lowest BCUT2D eigenvalue weighted by molar-refractivity contribution is 0.275. The molecular formula is C8H11ClFNO. The van der Waals surface area contributed by atoms with Gasteiger partial charge in [-0.15, -0.1) is 12.4 Å². The van der Waals surface area contributed by atoms with Crippen LogP contribution < -0.4 is 5.73 Å². The Kier molecular flexibility index (Phi) is 4.81. The van der Waals surface area contributed by atoms with E-state index in [0.717, 1.165) is 5.56 Å². The van der Waals surface area contributed by atoms with Crippen molar-refractivity contribution in [3.8, 4) is 0 Å². The highest BCUT2D eigenvalue weighted by molar-refractivity contribution is 5.85. The van der Waals surface area contributed by atoms with Crippen molar-refractivity contribution >= 4 is 12.4 Å². The topological polar surface area (TPSA) is 46.2 Å². The second kappa shape index (κ2) is 5.09. The molecule has 0 bridgehead atoms. The van der Waals surface area contributed by atoms with Crippen molar-refractivity contribution in [2.24, 2.45) is 5.73 Å². The number of hydrogen-bond donors (Lipinski definition) is 2. The van der Waals surface area contributed by atoms with Crippen LogP contribution in [-0.4, -0.2) is 5.11 Å². The molecule has 68 valence electrons. The number of rotatable bonds is 2. The lowest BCUT2D eigenvalue weighted by atomic mass is 10.1. The van der Waals surface area contributed by atoms with Gasteiger partial charge in [-0.1, -0.05) is 6.07 Å². The monoisotopic (exact) mass is 191 g/mol. The number of aliphatic hydroxyl groups excluding tert-OH is 1. The maximum absolute atomic E-state index is 12.7. The van der Waals surface area contributed by atoms with Gasteiger partial charge in [0.2, 0.25) is 0 Å². The zero-order valence-corrected chi connectivity index (χ0v) is 7.27. The first-order valence-electron chi connectivity index (χ1n) is 3.36. The van der Waals surface area contributed by atoms with Crippen molar-refractivity contribution in [1.29, 1.82) is 0 Å². The molecule has 1 aromatic carbocycles. The van der Waals surface area contributed by atoms with Crippen LogP contribution in [-0.2, 0) is 13.2 Å². The van der Waals surface area contributed by atoms with Gasteiger partial charge in [0.1, 0.15) is 5.82 Å². The zero-order valence-electron chi connectivity index (χ0n) is 6.46. The molecule has 1 aromatic rings. The fourth-order valence-electron chi connectivity index (χ4n) is 0.876. The minimum absolute atomic E-state index is 0. The van der Waals surface area contributed by atoms with E-state index in [1.807, 2.05) is 0 Å². The molecule has 0 saturated carbocycles. The van der Waals surface area contributed by atoms with Crippen molar-refractivity contribution in [2.45, 2.75) is 13.2 Å². The summed E-state index contributed by atoms with van der Waals surface area (Å²) in [5.41, 5.74) is 6.45. The molecule has 0 aliphatic rings. The van der Waals surface area contributed by atoms with E-state index in [0.29, 0.717) is 12.1 Å². The smallest absolute Gasteiger partial charge is 0.128 e. The van der Waals surface area contributed by atoms with Crippen LogP contribution in [0.5, 0.6) is 0 Å². The molecule has 2 nitrogen and oxygen atoms in total. The maximum Gasteiger partial charge on any atom is 0.128 e. The molecule has 0 spiro atoms. The van der Waals surface area contributed by atoms with Gasteiger partial charge < -0.3 is 10.8 Å². The molecule has 0 aliphatic heterocycles. The van der Waals surface area contributed by atoms with E-state index in [1.54, 1.807) is 12.1 Å². The lowest BCUT2D eigenvalue weighted by Gasteiger charge is -2.01. The summed E-state index contributed by atoms with van der Waals surface area (Å²) in [5.74, 6) is -0.385. The van der Waals surface area contributed by atoms with E-state index in [1.165, 1.54) is 6.07 Å². The normalized spacial score (nSPS) is 9.25. The first kappa shape index (κ1) is 11.4. The van der Waals surface area contributed by atoms with Crippen LogP contribution in [0.3, 0.4) is 0 Å². The molecule has 0 radical (unpaired) electrons. The summed E-state index contributed by atoms with van der Waals surface area (Å²) < 4.78 is 12.7. The van der Waals surface area contributed by atoms with Crippen molar-refractivity contribution in [1.82, 2.24) is 0 Å². The molecule has 1 rings (SSSR count). The van der Waals surface area contributed by atoms with Crippen LogP contribution in [0.15, 0.2) is 18.2 Å². The molecule has 0 amide bonds. The Labute approximate surface area is 76.6 Å². The maximum atomic E-state index is 12.7. The van der Waals surface area contributed by atoms with E-state index in [-0.39, 0.29) is 24.8 Å². The van der Waals surface area contributed by atoms with E-state index in [9.17, 15) is 4.39 Å². The zero-order chi connectivity index (χ0) is 8.27. The fourth-order valence-corrected chi connectivity index (χ4v) is 0.876. The number of benzene rings is 1. The quantitative estimate of drug-likeness (QED) is 0.738. The van der Waals surface area contributed by atoms with Gasteiger partial charge in [0.05, 0.1) is 6.61 Å². The molecule has 12 heavy (non-hydrogen) atoms. The summed E-state index contributed by atoms with van der Waals surface area (Å²) in [6.45, 7) is 0.0902. The molecule has 3 N–H and O–H groups in total. The molecule has 0 aromatic heterocycles. The first-order chi connectivity index (χ1) is 5.27. The van der Waals surface area contributed by atoms with Crippen LogP contribution in [0, 0.1) is 5.82 Å². The van der Waals surface area contributed by atoms with Gasteiger partial charge in [0, 0.05) is 12.1 Å². The molecule has 0 aliphatic carbocycles. The van der Waals surface area contributed by atoms with Gasteiger partial charge >= 0.3 is 0 Å². The summed E-state index contributed by atoms with van der Waals surface area (Å²) in [4.78, 5) is 0. The SMILES string of the molecule is Cl.NCc1ccc(F)c(CO)c1. The van der Waals surface area contributed by atoms with Gasteiger partial charge in [-0.25, -0.2) is 4.39 Å². The molecule has 0 saturated heterocycles. The van der Waals surface area contributed by atoms with Crippen LogP contribution in [0.2, 0.25) is 0 Å². The fraction of sp³-hybridized carbons (Fsp3) is 0.250. The molecule has 0 heterocycles. The van der Waals surface area contributed by atoms with Crippen molar-refractivity contribution in [3.05, 3.63) is 35.1 Å². The number of halogens is 2. The van der Waals surface area contributed by atoms with Crippen LogP contribution in [0.4, 0.5) is 4.39 Å². The van der Waals surface area contributed by atoms with Crippen molar-refractivity contribution in [2.75, 3.05) is 0 Å². The Morgan fingerprint density at radius 1 is 1.42 bits per heavy atom. The van der Waals surface area contributed by atoms with Crippen LogP contribution >= 0.6 is 12.4 Å². The highest BCUT2D eigenvalue weighted by atomic mass is 35.5. The highest BCUT2D eigenvalue weighted by Crippen LogP contribution is 2.09. The lowest BCUT2D eigenvalue weighted by Crippen LogP contribution is -1.98. The summed E-state index contributed by atoms with van der Waals surface area (Å²) in [6.07, 6.45) is 0. The first-order valence-corrected chi connectivity index (χ1v) is 3.36. The third kappa shape index (κ3) is 2.44. The number of nitrogens with two attached hydrogens (primary N) is 1. The molecular weight excluding hydrogens is 181 g/mol. The number of hydrogen-bond acceptors (Lipinski definition) is 2. The van der Waals surface area contributed by atoms with E-state index in [2.05, 4.69) is 0 Å². The predicted octanol–water partition coefficient (Wildman–Crippen LogP) is 1.20. The van der Waals surface area contributed by atoms with Crippen LogP contribution in [0.25, 0.3) is 0 Å². The van der Waals surface area contributed by atoms with Gasteiger partial charge in [-0.2, -0.15) is 0 Å². The van der Waals surface area contributed by atoms with Crippen molar-refractivity contribution in [3.63, 3.8) is 0 Å². The minimum Gasteiger partial charge on any atom is -0.392 e. The summed E-state index contributed by atoms with van der Waals surface area (Å²) >= 11 is 0. The highest BCUT2D eigenvalue weighted by Gasteiger charge is 2.00. The molecule has 0 fully saturated rings. The summed E-state index contributed by atoms with van der Waals surface area (Å²) in [7, 11) is 0. The second-order valence-corrected chi connectivity index (χ2v) is 2.29. The standard InChI is InChI=1S/C8H10FNO.ClH/c9-8-2-1-6(4-10)3-7(8)5-11;/h1-3,11H,4-5,10H2;1H. The van der Waals surface area contributed by atoms with Gasteiger partial charge in [0.15, 0.2) is 0 Å². The van der Waals surface area contributed by atoms with E-state index < -0.39 is 0 Å². The number of aliphatic hydroxyl groups is 1. The average molecular weight is 192 g/mol. The third-order valence-corrected chi connectivity index (χ3v) is 1.52. The average Bonchev–Trinajstić information content (AvgIpc) is 2.05. The molecule has 0 unspecified atom stereocenters. The Morgan fingerprint density at radius 3 is 2.58 bits per heavy atom. The Morgan fingerprint density at radius 2 is 2.08 bits per heavy atom. The minimum atomic E-state index is -0.385. The second-order valence-electron chi connectivity index (χ2n) is 2.29.